The van der Waals surface area contributed by atoms with E-state index in [9.17, 15) is 0 Å². The van der Waals surface area contributed by atoms with Gasteiger partial charge in [-0.25, -0.2) is 15.0 Å². The van der Waals surface area contributed by atoms with Gasteiger partial charge in [0.2, 0.25) is 5.95 Å². The number of nitrogens with two attached hydrogens (primary N) is 1. The Morgan fingerprint density at radius 1 is 1.04 bits per heavy atom. The summed E-state index contributed by atoms with van der Waals surface area (Å²) >= 11 is 6.05. The van der Waals surface area contributed by atoms with Crippen LogP contribution in [0.15, 0.2) is 42.7 Å². The van der Waals surface area contributed by atoms with Gasteiger partial charge in [0, 0.05) is 42.1 Å². The molecule has 8 nitrogen and oxygen atoms in total. The largest absolute Gasteiger partial charge is 0.384 e. The van der Waals surface area contributed by atoms with E-state index in [2.05, 4.69) is 25.2 Å². The number of ether oxygens (including phenoxy) is 1. The van der Waals surface area contributed by atoms with E-state index in [0.29, 0.717) is 41.6 Å². The fourth-order valence-electron chi connectivity index (χ4n) is 2.71. The zero-order valence-corrected chi connectivity index (χ0v) is 15.2. The second kappa shape index (κ2) is 7.73. The molecule has 0 bridgehead atoms. The van der Waals surface area contributed by atoms with Crippen molar-refractivity contribution in [2.45, 2.75) is 0 Å². The van der Waals surface area contributed by atoms with Crippen molar-refractivity contribution >= 4 is 35.0 Å². The van der Waals surface area contributed by atoms with Crippen molar-refractivity contribution in [1.29, 1.82) is 0 Å². The lowest BCUT2D eigenvalue weighted by Crippen LogP contribution is -2.37. The molecule has 138 valence electrons. The van der Waals surface area contributed by atoms with Gasteiger partial charge in [0.05, 0.1) is 18.9 Å². The molecular formula is C18H18ClN7O. The SMILES string of the molecule is Nc1ccc(-c2cc(Nc3cc(Cl)ccn3)nc(N3CCOCC3)n2)cn1. The monoisotopic (exact) mass is 383 g/mol. The number of hydrogen-bond acceptors (Lipinski definition) is 8. The van der Waals surface area contributed by atoms with Gasteiger partial charge in [0.25, 0.3) is 0 Å². The molecule has 3 aromatic heterocycles. The molecule has 3 N–H and O–H groups in total. The highest BCUT2D eigenvalue weighted by Gasteiger charge is 2.17. The molecule has 1 aliphatic rings. The Morgan fingerprint density at radius 3 is 2.63 bits per heavy atom. The minimum Gasteiger partial charge on any atom is -0.384 e. The summed E-state index contributed by atoms with van der Waals surface area (Å²) in [7, 11) is 0. The third-order valence-electron chi connectivity index (χ3n) is 4.07. The van der Waals surface area contributed by atoms with E-state index in [1.54, 1.807) is 30.6 Å². The molecule has 0 saturated carbocycles. The molecule has 0 aromatic carbocycles. The van der Waals surface area contributed by atoms with Gasteiger partial charge in [0.1, 0.15) is 17.5 Å². The second-order valence-electron chi connectivity index (χ2n) is 5.99. The molecule has 1 fully saturated rings. The minimum atomic E-state index is 0.461. The zero-order chi connectivity index (χ0) is 18.6. The summed E-state index contributed by atoms with van der Waals surface area (Å²) in [6, 6.07) is 8.94. The summed E-state index contributed by atoms with van der Waals surface area (Å²) in [5.41, 5.74) is 7.29. The summed E-state index contributed by atoms with van der Waals surface area (Å²) in [6.07, 6.45) is 3.34. The van der Waals surface area contributed by atoms with E-state index in [0.717, 1.165) is 24.3 Å². The fraction of sp³-hybridized carbons (Fsp3) is 0.222. The maximum absolute atomic E-state index is 6.05. The van der Waals surface area contributed by atoms with Crippen LogP contribution < -0.4 is 16.0 Å². The van der Waals surface area contributed by atoms with Crippen molar-refractivity contribution in [3.05, 3.63) is 47.7 Å². The molecule has 0 aliphatic carbocycles. The molecule has 4 heterocycles. The zero-order valence-electron chi connectivity index (χ0n) is 14.5. The summed E-state index contributed by atoms with van der Waals surface area (Å²) in [6.45, 7) is 2.77. The lowest BCUT2D eigenvalue weighted by atomic mass is 10.2. The fourth-order valence-corrected chi connectivity index (χ4v) is 2.87. The maximum atomic E-state index is 6.05. The Labute approximate surface area is 161 Å². The quantitative estimate of drug-likeness (QED) is 0.709. The number of pyridine rings is 2. The molecule has 4 rings (SSSR count). The van der Waals surface area contributed by atoms with Crippen LogP contribution in [-0.2, 0) is 4.74 Å². The van der Waals surface area contributed by atoms with Gasteiger partial charge in [0.15, 0.2) is 0 Å². The average molecular weight is 384 g/mol. The van der Waals surface area contributed by atoms with Gasteiger partial charge >= 0.3 is 0 Å². The first-order valence-electron chi connectivity index (χ1n) is 8.50. The van der Waals surface area contributed by atoms with E-state index in [4.69, 9.17) is 27.1 Å². The van der Waals surface area contributed by atoms with Crippen LogP contribution in [0.5, 0.6) is 0 Å². The number of aromatic nitrogens is 4. The summed E-state index contributed by atoms with van der Waals surface area (Å²) in [5, 5.41) is 3.79. The highest BCUT2D eigenvalue weighted by Crippen LogP contribution is 2.25. The van der Waals surface area contributed by atoms with Gasteiger partial charge in [-0.05, 0) is 24.3 Å². The van der Waals surface area contributed by atoms with Gasteiger partial charge in [-0.3, -0.25) is 0 Å². The number of anilines is 4. The molecule has 1 aliphatic heterocycles. The molecule has 27 heavy (non-hydrogen) atoms. The van der Waals surface area contributed by atoms with Crippen LogP contribution >= 0.6 is 11.6 Å². The Kier molecular flexibility index (Phi) is 4.99. The normalized spacial score (nSPS) is 14.2. The molecule has 0 spiro atoms. The van der Waals surface area contributed by atoms with Crippen LogP contribution in [0.25, 0.3) is 11.3 Å². The van der Waals surface area contributed by atoms with Crippen molar-refractivity contribution in [3.8, 4) is 11.3 Å². The van der Waals surface area contributed by atoms with Crippen molar-refractivity contribution < 1.29 is 4.74 Å². The van der Waals surface area contributed by atoms with Crippen LogP contribution in [0.3, 0.4) is 0 Å². The molecule has 0 unspecified atom stereocenters. The second-order valence-corrected chi connectivity index (χ2v) is 6.43. The molecule has 0 atom stereocenters. The molecule has 0 amide bonds. The van der Waals surface area contributed by atoms with E-state index < -0.39 is 0 Å². The molecule has 1 saturated heterocycles. The van der Waals surface area contributed by atoms with Gasteiger partial charge in [-0.1, -0.05) is 11.6 Å². The molecule has 0 radical (unpaired) electrons. The molecule has 9 heteroatoms. The van der Waals surface area contributed by atoms with Crippen LogP contribution in [0.2, 0.25) is 5.02 Å². The van der Waals surface area contributed by atoms with Crippen molar-refractivity contribution in [3.63, 3.8) is 0 Å². The van der Waals surface area contributed by atoms with Crippen molar-refractivity contribution in [2.75, 3.05) is 42.3 Å². The number of rotatable bonds is 4. The van der Waals surface area contributed by atoms with Gasteiger partial charge < -0.3 is 20.7 Å². The Hall–Kier alpha value is -2.97. The average Bonchev–Trinajstić information content (AvgIpc) is 2.69. The first-order valence-corrected chi connectivity index (χ1v) is 8.87. The van der Waals surface area contributed by atoms with Crippen LogP contribution in [0.4, 0.5) is 23.4 Å². The number of nitrogens with zero attached hydrogens (tertiary/aromatic N) is 5. The summed E-state index contributed by atoms with van der Waals surface area (Å²) in [5.74, 6) is 2.31. The lowest BCUT2D eigenvalue weighted by Gasteiger charge is -2.27. The highest BCUT2D eigenvalue weighted by molar-refractivity contribution is 6.30. The van der Waals surface area contributed by atoms with Crippen molar-refractivity contribution in [2.24, 2.45) is 0 Å². The first-order chi connectivity index (χ1) is 13.2. The third kappa shape index (κ3) is 4.24. The Morgan fingerprint density at radius 2 is 1.89 bits per heavy atom. The Balaban J connectivity index is 1.72. The predicted molar refractivity (Wildman–Crippen MR) is 105 cm³/mol. The van der Waals surface area contributed by atoms with E-state index in [1.165, 1.54) is 0 Å². The van der Waals surface area contributed by atoms with Crippen LogP contribution in [0, 0.1) is 0 Å². The van der Waals surface area contributed by atoms with E-state index in [-0.39, 0.29) is 0 Å². The summed E-state index contributed by atoms with van der Waals surface area (Å²) < 4.78 is 5.43. The summed E-state index contributed by atoms with van der Waals surface area (Å²) in [4.78, 5) is 19.9. The minimum absolute atomic E-state index is 0.461. The lowest BCUT2D eigenvalue weighted by molar-refractivity contribution is 0.122. The topological polar surface area (TPSA) is 102 Å². The molecular weight excluding hydrogens is 366 g/mol. The number of nitrogen functional groups attached to an aromatic ring is 1. The number of hydrogen-bond donors (Lipinski definition) is 2. The highest BCUT2D eigenvalue weighted by atomic mass is 35.5. The standard InChI is InChI=1S/C18H18ClN7O/c19-13-3-4-21-16(9-13)24-17-10-14(12-1-2-15(20)22-11-12)23-18(25-17)26-5-7-27-8-6-26/h1-4,9-11H,5-8H2,(H2,20,22)(H,21,23,24,25). The third-order valence-corrected chi connectivity index (χ3v) is 4.30. The molecule has 3 aromatic rings. The first kappa shape index (κ1) is 17.4. The van der Waals surface area contributed by atoms with Gasteiger partial charge in [-0.2, -0.15) is 4.98 Å². The van der Waals surface area contributed by atoms with Crippen LogP contribution in [-0.4, -0.2) is 46.2 Å². The smallest absolute Gasteiger partial charge is 0.228 e. The van der Waals surface area contributed by atoms with E-state index in [1.807, 2.05) is 12.1 Å². The Bertz CT molecular complexity index is 929. The van der Waals surface area contributed by atoms with E-state index >= 15 is 0 Å². The number of halogens is 1. The maximum Gasteiger partial charge on any atom is 0.228 e. The number of nitrogens with one attached hydrogen (secondary N) is 1. The van der Waals surface area contributed by atoms with Gasteiger partial charge in [-0.15, -0.1) is 0 Å². The van der Waals surface area contributed by atoms with Crippen LogP contribution in [0.1, 0.15) is 0 Å². The number of morpholine rings is 1. The predicted octanol–water partition coefficient (Wildman–Crippen LogP) is 2.75. The van der Waals surface area contributed by atoms with Crippen molar-refractivity contribution in [1.82, 2.24) is 19.9 Å².